The molecule has 140 valence electrons. The standard InChI is InChI=1S/C19H32N4S2/c1-5-13-23(7-3)16-10-11-19(17(21)14-16)25-24-18(15(4)20)9-8-12-22-6-2/h8-11,14,22H,5-7,12-13,20-21H2,1-4H3/b9-8-,18-15-. The first-order valence-electron chi connectivity index (χ1n) is 8.86. The number of likely N-dealkylation sites (N-methyl/N-ethyl adjacent to an activating group) is 1. The van der Waals surface area contributed by atoms with Gasteiger partial charge >= 0.3 is 0 Å². The van der Waals surface area contributed by atoms with Gasteiger partial charge in [-0.1, -0.05) is 41.5 Å². The molecular formula is C19H32N4S2. The molecule has 4 nitrogen and oxygen atoms in total. The molecule has 0 spiro atoms. The van der Waals surface area contributed by atoms with E-state index in [4.69, 9.17) is 11.5 Å². The van der Waals surface area contributed by atoms with Crippen molar-refractivity contribution < 1.29 is 0 Å². The SMILES string of the molecule is CCCN(CC)c1ccc(SSC(/C=C\CNCC)=C(/C)N)c(N)c1. The fourth-order valence-corrected chi connectivity index (χ4v) is 4.55. The number of allylic oxidation sites excluding steroid dienone is 2. The van der Waals surface area contributed by atoms with Crippen molar-refractivity contribution in [3.8, 4) is 0 Å². The zero-order chi connectivity index (χ0) is 18.7. The van der Waals surface area contributed by atoms with Crippen molar-refractivity contribution in [3.63, 3.8) is 0 Å². The number of hydrogen-bond acceptors (Lipinski definition) is 6. The van der Waals surface area contributed by atoms with Crippen molar-refractivity contribution in [2.24, 2.45) is 5.73 Å². The fourth-order valence-electron chi connectivity index (χ4n) is 2.26. The van der Waals surface area contributed by atoms with Gasteiger partial charge < -0.3 is 21.7 Å². The van der Waals surface area contributed by atoms with Crippen LogP contribution in [-0.2, 0) is 0 Å². The molecule has 0 saturated heterocycles. The van der Waals surface area contributed by atoms with Crippen LogP contribution in [0.1, 0.15) is 34.1 Å². The van der Waals surface area contributed by atoms with Crippen molar-refractivity contribution in [2.45, 2.75) is 39.0 Å². The lowest BCUT2D eigenvalue weighted by Crippen LogP contribution is -2.23. The van der Waals surface area contributed by atoms with E-state index in [9.17, 15) is 0 Å². The van der Waals surface area contributed by atoms with Crippen molar-refractivity contribution in [3.05, 3.63) is 41.0 Å². The maximum Gasteiger partial charge on any atom is 0.0481 e. The van der Waals surface area contributed by atoms with Gasteiger partial charge in [0.2, 0.25) is 0 Å². The summed E-state index contributed by atoms with van der Waals surface area (Å²) in [5.74, 6) is 0. The third-order valence-corrected chi connectivity index (χ3v) is 6.22. The summed E-state index contributed by atoms with van der Waals surface area (Å²) in [5, 5.41) is 3.27. The first-order valence-corrected chi connectivity index (χ1v) is 11.0. The molecule has 0 aliphatic rings. The van der Waals surface area contributed by atoms with Crippen LogP contribution in [-0.4, -0.2) is 26.2 Å². The van der Waals surface area contributed by atoms with Crippen molar-refractivity contribution >= 4 is 33.0 Å². The highest BCUT2D eigenvalue weighted by Crippen LogP contribution is 2.41. The lowest BCUT2D eigenvalue weighted by atomic mass is 10.2. The minimum atomic E-state index is 0.815. The smallest absolute Gasteiger partial charge is 0.0481 e. The Morgan fingerprint density at radius 3 is 2.60 bits per heavy atom. The number of nitrogen functional groups attached to an aromatic ring is 1. The molecule has 5 N–H and O–H groups in total. The molecular weight excluding hydrogens is 348 g/mol. The zero-order valence-electron chi connectivity index (χ0n) is 15.8. The molecule has 0 fully saturated rings. The van der Waals surface area contributed by atoms with Crippen LogP contribution in [0, 0.1) is 0 Å². The molecule has 0 heterocycles. The summed E-state index contributed by atoms with van der Waals surface area (Å²) >= 11 is 0. The number of nitrogens with zero attached hydrogens (tertiary/aromatic N) is 1. The minimum absolute atomic E-state index is 0.815. The third-order valence-electron chi connectivity index (χ3n) is 3.63. The summed E-state index contributed by atoms with van der Waals surface area (Å²) < 4.78 is 0. The minimum Gasteiger partial charge on any atom is -0.401 e. The zero-order valence-corrected chi connectivity index (χ0v) is 17.5. The monoisotopic (exact) mass is 380 g/mol. The summed E-state index contributed by atoms with van der Waals surface area (Å²) in [7, 11) is 3.30. The van der Waals surface area contributed by atoms with Crippen LogP contribution >= 0.6 is 21.6 Å². The van der Waals surface area contributed by atoms with E-state index in [1.807, 2.05) is 6.92 Å². The van der Waals surface area contributed by atoms with Gasteiger partial charge in [-0.3, -0.25) is 0 Å². The third kappa shape index (κ3) is 7.67. The Morgan fingerprint density at radius 1 is 1.28 bits per heavy atom. The Hall–Kier alpha value is -1.24. The van der Waals surface area contributed by atoms with E-state index in [1.54, 1.807) is 21.6 Å². The van der Waals surface area contributed by atoms with Gasteiger partial charge in [-0.25, -0.2) is 0 Å². The van der Waals surface area contributed by atoms with Gasteiger partial charge in [0.15, 0.2) is 0 Å². The lowest BCUT2D eigenvalue weighted by molar-refractivity contribution is 0.791. The van der Waals surface area contributed by atoms with Crippen molar-refractivity contribution in [1.29, 1.82) is 0 Å². The fraction of sp³-hybridized carbons (Fsp3) is 0.474. The Morgan fingerprint density at radius 2 is 2.04 bits per heavy atom. The predicted octanol–water partition coefficient (Wildman–Crippen LogP) is 4.60. The number of nitrogens with one attached hydrogen (secondary N) is 1. The van der Waals surface area contributed by atoms with Crippen LogP contribution in [0.5, 0.6) is 0 Å². The average Bonchev–Trinajstić information content (AvgIpc) is 2.59. The molecule has 0 aliphatic carbocycles. The second-order valence-corrected chi connectivity index (χ2v) is 7.94. The molecule has 1 rings (SSSR count). The Bertz CT molecular complexity index is 581. The largest absolute Gasteiger partial charge is 0.401 e. The van der Waals surface area contributed by atoms with Crippen LogP contribution in [0.4, 0.5) is 11.4 Å². The second-order valence-electron chi connectivity index (χ2n) is 5.73. The summed E-state index contributed by atoms with van der Waals surface area (Å²) in [6.07, 6.45) is 5.29. The summed E-state index contributed by atoms with van der Waals surface area (Å²) in [5.41, 5.74) is 15.1. The molecule has 0 atom stereocenters. The quantitative estimate of drug-likeness (QED) is 0.226. The summed E-state index contributed by atoms with van der Waals surface area (Å²) in [6, 6.07) is 6.33. The van der Waals surface area contributed by atoms with E-state index in [-0.39, 0.29) is 0 Å². The Kier molecular flexibility index (Phi) is 10.6. The van der Waals surface area contributed by atoms with Crippen LogP contribution in [0.25, 0.3) is 0 Å². The van der Waals surface area contributed by atoms with E-state index in [0.717, 1.165) is 53.8 Å². The Labute approximate surface area is 160 Å². The van der Waals surface area contributed by atoms with Gasteiger partial charge in [0.25, 0.3) is 0 Å². The molecule has 0 aliphatic heterocycles. The topological polar surface area (TPSA) is 67.3 Å². The van der Waals surface area contributed by atoms with Crippen LogP contribution in [0.2, 0.25) is 0 Å². The van der Waals surface area contributed by atoms with E-state index < -0.39 is 0 Å². The lowest BCUT2D eigenvalue weighted by Gasteiger charge is -2.23. The van der Waals surface area contributed by atoms with Gasteiger partial charge in [0.05, 0.1) is 0 Å². The second kappa shape index (κ2) is 12.2. The van der Waals surface area contributed by atoms with E-state index in [2.05, 4.69) is 61.3 Å². The number of rotatable bonds is 11. The molecule has 1 aromatic carbocycles. The van der Waals surface area contributed by atoms with Gasteiger partial charge in [0, 0.05) is 46.5 Å². The van der Waals surface area contributed by atoms with Crippen molar-refractivity contribution in [2.75, 3.05) is 36.8 Å². The maximum atomic E-state index is 6.28. The van der Waals surface area contributed by atoms with Crippen LogP contribution in [0.15, 0.2) is 45.8 Å². The molecule has 0 aromatic heterocycles. The molecule has 6 heteroatoms. The molecule has 1 aromatic rings. The summed E-state index contributed by atoms with van der Waals surface area (Å²) in [6.45, 7) is 12.2. The Balaban J connectivity index is 2.75. The van der Waals surface area contributed by atoms with E-state index >= 15 is 0 Å². The summed E-state index contributed by atoms with van der Waals surface area (Å²) in [4.78, 5) is 4.48. The molecule has 0 radical (unpaired) electrons. The van der Waals surface area contributed by atoms with E-state index in [0.29, 0.717) is 0 Å². The first kappa shape index (κ1) is 21.8. The average molecular weight is 381 g/mol. The van der Waals surface area contributed by atoms with Gasteiger partial charge in [-0.15, -0.1) is 0 Å². The number of benzene rings is 1. The van der Waals surface area contributed by atoms with Gasteiger partial charge in [-0.2, -0.15) is 0 Å². The highest BCUT2D eigenvalue weighted by Gasteiger charge is 2.08. The van der Waals surface area contributed by atoms with Gasteiger partial charge in [0.1, 0.15) is 0 Å². The molecule has 0 bridgehead atoms. The molecule has 0 amide bonds. The highest BCUT2D eigenvalue weighted by molar-refractivity contribution is 8.78. The number of anilines is 2. The predicted molar refractivity (Wildman–Crippen MR) is 117 cm³/mol. The van der Waals surface area contributed by atoms with Crippen LogP contribution in [0.3, 0.4) is 0 Å². The van der Waals surface area contributed by atoms with E-state index in [1.165, 1.54) is 5.69 Å². The molecule has 25 heavy (non-hydrogen) atoms. The van der Waals surface area contributed by atoms with Gasteiger partial charge in [-0.05, 0) is 51.1 Å². The first-order chi connectivity index (χ1) is 12.0. The molecule has 0 saturated carbocycles. The number of hydrogen-bond donors (Lipinski definition) is 3. The normalized spacial score (nSPS) is 12.5. The highest BCUT2D eigenvalue weighted by atomic mass is 33.1. The maximum absolute atomic E-state index is 6.28. The number of nitrogens with two attached hydrogens (primary N) is 2. The van der Waals surface area contributed by atoms with Crippen LogP contribution < -0.4 is 21.7 Å². The van der Waals surface area contributed by atoms with Crippen molar-refractivity contribution in [1.82, 2.24) is 5.32 Å². The molecule has 0 unspecified atom stereocenters.